The fourth-order valence-electron chi connectivity index (χ4n) is 3.22. The zero-order valence-electron chi connectivity index (χ0n) is 15.6. The number of rotatable bonds is 4. The predicted octanol–water partition coefficient (Wildman–Crippen LogP) is 6.46. The van der Waals surface area contributed by atoms with E-state index < -0.39 is 0 Å². The summed E-state index contributed by atoms with van der Waals surface area (Å²) in [4.78, 5) is 11.6. The van der Waals surface area contributed by atoms with Crippen LogP contribution in [0.1, 0.15) is 21.5 Å². The van der Waals surface area contributed by atoms with Gasteiger partial charge in [0.1, 0.15) is 0 Å². The first-order valence-electron chi connectivity index (χ1n) is 9.19. The number of carbonyl (C=O) groups excluding carboxylic acids is 1. The highest BCUT2D eigenvalue weighted by Crippen LogP contribution is 2.26. The van der Waals surface area contributed by atoms with Crippen LogP contribution in [-0.2, 0) is 4.74 Å². The third-order valence-electron chi connectivity index (χ3n) is 4.77. The van der Waals surface area contributed by atoms with E-state index in [1.807, 2.05) is 30.3 Å². The van der Waals surface area contributed by atoms with Gasteiger partial charge in [0.15, 0.2) is 0 Å². The summed E-state index contributed by atoms with van der Waals surface area (Å²) in [6.45, 7) is 0. The third-order valence-corrected chi connectivity index (χ3v) is 4.77. The van der Waals surface area contributed by atoms with Gasteiger partial charge in [0.05, 0.1) is 12.7 Å². The Hall–Kier alpha value is -3.65. The quantitative estimate of drug-likeness (QED) is 0.307. The van der Waals surface area contributed by atoms with E-state index in [0.717, 1.165) is 11.1 Å². The number of methoxy groups -OCH3 is 1. The van der Waals surface area contributed by atoms with Crippen LogP contribution in [0.25, 0.3) is 34.1 Å². The van der Waals surface area contributed by atoms with Crippen molar-refractivity contribution in [3.05, 3.63) is 108 Å². The summed E-state index contributed by atoms with van der Waals surface area (Å²) in [6, 6.07) is 30.7. The van der Waals surface area contributed by atoms with Crippen molar-refractivity contribution < 1.29 is 9.53 Å². The molecule has 0 fully saturated rings. The van der Waals surface area contributed by atoms with E-state index in [1.54, 1.807) is 12.1 Å². The average molecular weight is 364 g/mol. The van der Waals surface area contributed by atoms with Crippen molar-refractivity contribution in [2.24, 2.45) is 0 Å². The summed E-state index contributed by atoms with van der Waals surface area (Å²) in [6.07, 6.45) is 4.26. The monoisotopic (exact) mass is 364 g/mol. The molecule has 0 atom stereocenters. The zero-order valence-corrected chi connectivity index (χ0v) is 15.6. The Morgan fingerprint density at radius 2 is 1.32 bits per heavy atom. The van der Waals surface area contributed by atoms with Gasteiger partial charge in [-0.05, 0) is 57.3 Å². The van der Waals surface area contributed by atoms with Crippen molar-refractivity contribution >= 4 is 28.9 Å². The van der Waals surface area contributed by atoms with Crippen LogP contribution in [0, 0.1) is 0 Å². The first kappa shape index (κ1) is 17.7. The number of ether oxygens (including phenoxy) is 1. The average Bonchev–Trinajstić information content (AvgIpc) is 2.77. The van der Waals surface area contributed by atoms with Crippen LogP contribution in [0.2, 0.25) is 0 Å². The molecule has 0 spiro atoms. The summed E-state index contributed by atoms with van der Waals surface area (Å²) in [5, 5.41) is 2.39. The molecule has 0 aliphatic carbocycles. The van der Waals surface area contributed by atoms with Gasteiger partial charge in [-0.1, -0.05) is 78.9 Å². The van der Waals surface area contributed by atoms with Crippen molar-refractivity contribution in [1.82, 2.24) is 0 Å². The second-order valence-corrected chi connectivity index (χ2v) is 6.63. The first-order valence-corrected chi connectivity index (χ1v) is 9.19. The number of benzene rings is 4. The van der Waals surface area contributed by atoms with E-state index in [9.17, 15) is 4.79 Å². The number of fused-ring (bicyclic) bond motifs is 1. The molecule has 0 unspecified atom stereocenters. The molecule has 0 amide bonds. The lowest BCUT2D eigenvalue weighted by Crippen LogP contribution is -2.00. The molecule has 4 aromatic rings. The first-order chi connectivity index (χ1) is 13.7. The van der Waals surface area contributed by atoms with Crippen LogP contribution >= 0.6 is 0 Å². The second-order valence-electron chi connectivity index (χ2n) is 6.63. The fraction of sp³-hybridized carbons (Fsp3) is 0.0385. The van der Waals surface area contributed by atoms with Gasteiger partial charge in [-0.15, -0.1) is 0 Å². The molecule has 0 saturated carbocycles. The Bertz CT molecular complexity index is 1140. The molecule has 0 aromatic heterocycles. The summed E-state index contributed by atoms with van der Waals surface area (Å²) >= 11 is 0. The predicted molar refractivity (Wildman–Crippen MR) is 116 cm³/mol. The van der Waals surface area contributed by atoms with Gasteiger partial charge in [0, 0.05) is 0 Å². The largest absolute Gasteiger partial charge is 0.465 e. The molecular formula is C26H20O2. The Balaban J connectivity index is 1.60. The van der Waals surface area contributed by atoms with Crippen molar-refractivity contribution in [2.45, 2.75) is 0 Å². The maximum Gasteiger partial charge on any atom is 0.337 e. The number of hydrogen-bond acceptors (Lipinski definition) is 2. The fourth-order valence-corrected chi connectivity index (χ4v) is 3.22. The maximum absolute atomic E-state index is 11.6. The second kappa shape index (κ2) is 7.93. The van der Waals surface area contributed by atoms with Crippen molar-refractivity contribution in [1.29, 1.82) is 0 Å². The van der Waals surface area contributed by atoms with Crippen LogP contribution in [-0.4, -0.2) is 13.1 Å². The Morgan fingerprint density at radius 1 is 0.679 bits per heavy atom. The van der Waals surface area contributed by atoms with Gasteiger partial charge in [-0.3, -0.25) is 0 Å². The minimum absolute atomic E-state index is 0.318. The van der Waals surface area contributed by atoms with Crippen LogP contribution in [0.3, 0.4) is 0 Å². The molecule has 4 aromatic carbocycles. The topological polar surface area (TPSA) is 26.3 Å². The molecule has 136 valence electrons. The van der Waals surface area contributed by atoms with Crippen LogP contribution in [0.15, 0.2) is 91.0 Å². The Labute approximate surface area is 164 Å². The minimum Gasteiger partial charge on any atom is -0.465 e. The van der Waals surface area contributed by atoms with Gasteiger partial charge >= 0.3 is 5.97 Å². The molecule has 28 heavy (non-hydrogen) atoms. The minimum atomic E-state index is -0.318. The summed E-state index contributed by atoms with van der Waals surface area (Å²) in [5.41, 5.74) is 5.11. The molecule has 0 heterocycles. The van der Waals surface area contributed by atoms with E-state index in [4.69, 9.17) is 4.74 Å². The van der Waals surface area contributed by atoms with Crippen LogP contribution in [0.5, 0.6) is 0 Å². The summed E-state index contributed by atoms with van der Waals surface area (Å²) in [7, 11) is 1.39. The molecule has 0 radical (unpaired) electrons. The zero-order chi connectivity index (χ0) is 19.3. The lowest BCUT2D eigenvalue weighted by molar-refractivity contribution is 0.0601. The Kier molecular flexibility index (Phi) is 5.03. The smallest absolute Gasteiger partial charge is 0.337 e. The van der Waals surface area contributed by atoms with E-state index in [0.29, 0.717) is 5.56 Å². The normalized spacial score (nSPS) is 11.0. The van der Waals surface area contributed by atoms with Crippen molar-refractivity contribution in [3.63, 3.8) is 0 Å². The van der Waals surface area contributed by atoms with Crippen LogP contribution < -0.4 is 0 Å². The van der Waals surface area contributed by atoms with E-state index in [2.05, 4.69) is 60.7 Å². The molecular weight excluding hydrogens is 344 g/mol. The van der Waals surface area contributed by atoms with Gasteiger partial charge in [-0.2, -0.15) is 0 Å². The third kappa shape index (κ3) is 3.86. The standard InChI is InChI=1S/C26H20O2/c1-28-26(27)22-13-11-21(12-14-22)24-16-15-23-17-20(9-10-25(23)18-24)8-7-19-5-3-2-4-6-19/h2-18H,1H3/b8-7+. The SMILES string of the molecule is COC(=O)c1ccc(-c2ccc3cc(/C=C/c4ccccc4)ccc3c2)cc1. The van der Waals surface area contributed by atoms with E-state index >= 15 is 0 Å². The molecule has 0 bridgehead atoms. The Morgan fingerprint density at radius 3 is 2.07 bits per heavy atom. The molecule has 2 nitrogen and oxygen atoms in total. The van der Waals surface area contributed by atoms with Crippen LogP contribution in [0.4, 0.5) is 0 Å². The molecule has 0 saturated heterocycles. The van der Waals surface area contributed by atoms with Gasteiger partial charge in [0.2, 0.25) is 0 Å². The highest BCUT2D eigenvalue weighted by molar-refractivity contribution is 5.92. The summed E-state index contributed by atoms with van der Waals surface area (Å²) in [5.74, 6) is -0.318. The van der Waals surface area contributed by atoms with E-state index in [1.165, 1.54) is 29.0 Å². The van der Waals surface area contributed by atoms with Crippen molar-refractivity contribution in [3.8, 4) is 11.1 Å². The van der Waals surface area contributed by atoms with Gasteiger partial charge < -0.3 is 4.74 Å². The molecule has 2 heteroatoms. The number of esters is 1. The molecule has 4 rings (SSSR count). The summed E-state index contributed by atoms with van der Waals surface area (Å²) < 4.78 is 4.75. The molecule has 0 N–H and O–H groups in total. The maximum atomic E-state index is 11.6. The van der Waals surface area contributed by atoms with Crippen molar-refractivity contribution in [2.75, 3.05) is 7.11 Å². The van der Waals surface area contributed by atoms with E-state index in [-0.39, 0.29) is 5.97 Å². The van der Waals surface area contributed by atoms with Gasteiger partial charge in [0.25, 0.3) is 0 Å². The van der Waals surface area contributed by atoms with Gasteiger partial charge in [-0.25, -0.2) is 4.79 Å². The molecule has 0 aliphatic heterocycles. The highest BCUT2D eigenvalue weighted by atomic mass is 16.5. The molecule has 0 aliphatic rings. The lowest BCUT2D eigenvalue weighted by atomic mass is 9.99. The number of hydrogen-bond donors (Lipinski definition) is 0. The lowest BCUT2D eigenvalue weighted by Gasteiger charge is -2.06. The number of carbonyl (C=O) groups is 1. The highest BCUT2D eigenvalue weighted by Gasteiger charge is 2.06.